The molecule has 2 aliphatic rings. The number of para-hydroxylation sites is 2. The van der Waals surface area contributed by atoms with Gasteiger partial charge in [0.15, 0.2) is 11.5 Å². The van der Waals surface area contributed by atoms with Crippen molar-refractivity contribution in [1.82, 2.24) is 20.4 Å². The van der Waals surface area contributed by atoms with Crippen LogP contribution in [0.3, 0.4) is 0 Å². The van der Waals surface area contributed by atoms with Gasteiger partial charge in [-0.2, -0.15) is 0 Å². The first-order valence-electron chi connectivity index (χ1n) is 11.0. The van der Waals surface area contributed by atoms with Gasteiger partial charge < -0.3 is 19.0 Å². The van der Waals surface area contributed by atoms with Gasteiger partial charge in [0.1, 0.15) is 5.75 Å². The number of anilines is 2. The van der Waals surface area contributed by atoms with Gasteiger partial charge in [-0.1, -0.05) is 36.4 Å². The number of benzene rings is 2. The van der Waals surface area contributed by atoms with Gasteiger partial charge in [0, 0.05) is 42.9 Å². The lowest BCUT2D eigenvalue weighted by molar-refractivity contribution is 0.413. The molecule has 1 aliphatic heterocycles. The van der Waals surface area contributed by atoms with Crippen LogP contribution in [-0.2, 0) is 0 Å². The molecular formula is C24H24N6O2. The highest BCUT2D eigenvalue weighted by atomic mass is 16.5. The molecular weight excluding hydrogens is 404 g/mol. The summed E-state index contributed by atoms with van der Waals surface area (Å²) in [6.45, 7) is 3.46. The average Bonchev–Trinajstić information content (AvgIpc) is 3.60. The third kappa shape index (κ3) is 3.32. The van der Waals surface area contributed by atoms with Crippen molar-refractivity contribution in [2.75, 3.05) is 43.1 Å². The molecule has 0 amide bonds. The van der Waals surface area contributed by atoms with Crippen LogP contribution in [0.1, 0.15) is 24.7 Å². The van der Waals surface area contributed by atoms with Crippen LogP contribution in [0.15, 0.2) is 52.9 Å². The van der Waals surface area contributed by atoms with Gasteiger partial charge in [-0.15, -0.1) is 20.4 Å². The summed E-state index contributed by atoms with van der Waals surface area (Å²) in [5.41, 5.74) is 1.78. The molecule has 1 saturated carbocycles. The molecule has 32 heavy (non-hydrogen) atoms. The Hall–Kier alpha value is -3.68. The molecule has 4 aromatic rings. The number of methoxy groups -OCH3 is 1. The lowest BCUT2D eigenvalue weighted by Crippen LogP contribution is -2.47. The molecule has 0 spiro atoms. The largest absolute Gasteiger partial charge is 0.495 e. The number of piperazine rings is 1. The van der Waals surface area contributed by atoms with Gasteiger partial charge in [-0.05, 0) is 25.0 Å². The van der Waals surface area contributed by atoms with Crippen molar-refractivity contribution in [2.24, 2.45) is 0 Å². The maximum absolute atomic E-state index is 5.92. The number of fused-ring (bicyclic) bond motifs is 1. The zero-order chi connectivity index (χ0) is 21.5. The van der Waals surface area contributed by atoms with Crippen molar-refractivity contribution in [3.8, 4) is 17.3 Å². The fraction of sp³-hybridized carbons (Fsp3) is 0.333. The number of nitrogens with zero attached hydrogens (tertiary/aromatic N) is 6. The van der Waals surface area contributed by atoms with Gasteiger partial charge >= 0.3 is 0 Å². The normalized spacial score (nSPS) is 16.5. The van der Waals surface area contributed by atoms with Crippen LogP contribution < -0.4 is 14.5 Å². The lowest BCUT2D eigenvalue weighted by atomic mass is 10.1. The van der Waals surface area contributed by atoms with E-state index in [4.69, 9.17) is 9.15 Å². The average molecular weight is 428 g/mol. The van der Waals surface area contributed by atoms with E-state index in [1.165, 1.54) is 0 Å². The molecule has 8 heteroatoms. The number of ether oxygens (including phenoxy) is 1. The van der Waals surface area contributed by atoms with Crippen molar-refractivity contribution >= 4 is 22.3 Å². The van der Waals surface area contributed by atoms with Crippen LogP contribution in [0.2, 0.25) is 0 Å². The summed E-state index contributed by atoms with van der Waals surface area (Å²) in [6, 6.07) is 16.3. The Morgan fingerprint density at radius 2 is 1.53 bits per heavy atom. The van der Waals surface area contributed by atoms with Crippen LogP contribution in [-0.4, -0.2) is 53.7 Å². The molecule has 1 saturated heterocycles. The van der Waals surface area contributed by atoms with Crippen LogP contribution >= 0.6 is 0 Å². The summed E-state index contributed by atoms with van der Waals surface area (Å²) >= 11 is 0. The first-order chi connectivity index (χ1) is 15.8. The first-order valence-corrected chi connectivity index (χ1v) is 11.0. The Balaban J connectivity index is 1.28. The summed E-state index contributed by atoms with van der Waals surface area (Å²) in [5, 5.41) is 19.6. The quantitative estimate of drug-likeness (QED) is 0.474. The summed E-state index contributed by atoms with van der Waals surface area (Å²) in [5.74, 6) is 3.37. The lowest BCUT2D eigenvalue weighted by Gasteiger charge is -2.37. The Bertz CT molecular complexity index is 1260. The number of hydrogen-bond donors (Lipinski definition) is 0. The van der Waals surface area contributed by atoms with Gasteiger partial charge in [-0.3, -0.25) is 0 Å². The van der Waals surface area contributed by atoms with E-state index >= 15 is 0 Å². The van der Waals surface area contributed by atoms with E-state index in [0.717, 1.165) is 67.0 Å². The smallest absolute Gasteiger partial charge is 0.268 e. The third-order valence-corrected chi connectivity index (χ3v) is 6.24. The fourth-order valence-corrected chi connectivity index (χ4v) is 4.36. The Morgan fingerprint density at radius 1 is 0.812 bits per heavy atom. The van der Waals surface area contributed by atoms with Crippen molar-refractivity contribution in [1.29, 1.82) is 0 Å². The SMILES string of the molecule is COc1ccccc1N1CCN(c2nnc(-c3nnc(C4CC4)o3)c3ccccc23)CC1. The molecule has 0 N–H and O–H groups in total. The van der Waals surface area contributed by atoms with Gasteiger partial charge in [-0.25, -0.2) is 0 Å². The Labute approximate surface area is 185 Å². The Morgan fingerprint density at radius 3 is 2.31 bits per heavy atom. The highest BCUT2D eigenvalue weighted by Crippen LogP contribution is 2.40. The van der Waals surface area contributed by atoms with Gasteiger partial charge in [0.05, 0.1) is 12.8 Å². The molecule has 6 rings (SSSR count). The van der Waals surface area contributed by atoms with Crippen LogP contribution in [0.5, 0.6) is 5.75 Å². The maximum atomic E-state index is 5.92. The molecule has 0 atom stereocenters. The second-order valence-electron chi connectivity index (χ2n) is 8.28. The third-order valence-electron chi connectivity index (χ3n) is 6.24. The summed E-state index contributed by atoms with van der Waals surface area (Å²) in [6.07, 6.45) is 2.24. The van der Waals surface area contributed by atoms with Crippen LogP contribution in [0, 0.1) is 0 Å². The predicted octanol–water partition coefficient (Wildman–Crippen LogP) is 3.89. The molecule has 2 fully saturated rings. The summed E-state index contributed by atoms with van der Waals surface area (Å²) < 4.78 is 11.5. The summed E-state index contributed by atoms with van der Waals surface area (Å²) in [4.78, 5) is 4.66. The molecule has 162 valence electrons. The minimum Gasteiger partial charge on any atom is -0.495 e. The molecule has 2 aromatic heterocycles. The van der Waals surface area contributed by atoms with E-state index in [1.807, 2.05) is 30.3 Å². The molecule has 3 heterocycles. The second-order valence-corrected chi connectivity index (χ2v) is 8.28. The minimum atomic E-state index is 0.411. The number of aromatic nitrogens is 4. The van der Waals surface area contributed by atoms with E-state index < -0.39 is 0 Å². The fourth-order valence-electron chi connectivity index (χ4n) is 4.36. The van der Waals surface area contributed by atoms with E-state index in [9.17, 15) is 0 Å². The van der Waals surface area contributed by atoms with Crippen molar-refractivity contribution in [3.63, 3.8) is 0 Å². The zero-order valence-corrected chi connectivity index (χ0v) is 17.9. The topological polar surface area (TPSA) is 80.4 Å². The molecule has 2 aromatic carbocycles. The van der Waals surface area contributed by atoms with E-state index in [0.29, 0.717) is 23.4 Å². The van der Waals surface area contributed by atoms with Crippen molar-refractivity contribution in [2.45, 2.75) is 18.8 Å². The zero-order valence-electron chi connectivity index (χ0n) is 17.9. The highest BCUT2D eigenvalue weighted by molar-refractivity contribution is 5.99. The number of rotatable bonds is 5. The molecule has 0 unspecified atom stereocenters. The van der Waals surface area contributed by atoms with E-state index in [-0.39, 0.29) is 0 Å². The maximum Gasteiger partial charge on any atom is 0.268 e. The van der Waals surface area contributed by atoms with Crippen molar-refractivity contribution < 1.29 is 9.15 Å². The minimum absolute atomic E-state index is 0.411. The Kier molecular flexibility index (Phi) is 4.63. The van der Waals surface area contributed by atoms with E-state index in [1.54, 1.807) is 7.11 Å². The molecule has 8 nitrogen and oxygen atoms in total. The standard InChI is InChI=1S/C24H24N6O2/c1-31-20-9-5-4-8-19(20)29-12-14-30(15-13-29)22-18-7-3-2-6-17(18)21(25-26-22)24-28-27-23(32-24)16-10-11-16/h2-9,16H,10-15H2,1H3. The summed E-state index contributed by atoms with van der Waals surface area (Å²) in [7, 11) is 1.72. The molecule has 1 aliphatic carbocycles. The first kappa shape index (κ1) is 19.0. The number of hydrogen-bond acceptors (Lipinski definition) is 8. The van der Waals surface area contributed by atoms with Crippen LogP contribution in [0.4, 0.5) is 11.5 Å². The van der Waals surface area contributed by atoms with Gasteiger partial charge in [0.2, 0.25) is 5.89 Å². The monoisotopic (exact) mass is 428 g/mol. The second kappa shape index (κ2) is 7.78. The molecule has 0 bridgehead atoms. The molecule has 0 radical (unpaired) electrons. The predicted molar refractivity (Wildman–Crippen MR) is 122 cm³/mol. The van der Waals surface area contributed by atoms with Crippen LogP contribution in [0.25, 0.3) is 22.4 Å². The van der Waals surface area contributed by atoms with Gasteiger partial charge in [0.25, 0.3) is 5.89 Å². The van der Waals surface area contributed by atoms with Crippen molar-refractivity contribution in [3.05, 3.63) is 54.4 Å². The highest BCUT2D eigenvalue weighted by Gasteiger charge is 2.30. The van der Waals surface area contributed by atoms with E-state index in [2.05, 4.69) is 48.4 Å².